The van der Waals surface area contributed by atoms with E-state index in [1.807, 2.05) is 6.07 Å². The minimum absolute atomic E-state index is 0.0174. The molecule has 2 aromatic carbocycles. The lowest BCUT2D eigenvalue weighted by Crippen LogP contribution is -2.39. The van der Waals surface area contributed by atoms with Gasteiger partial charge < -0.3 is 4.90 Å². The largest absolute Gasteiger partial charge is 0.306 e. The second-order valence-corrected chi connectivity index (χ2v) is 14.2. The summed E-state index contributed by atoms with van der Waals surface area (Å²) < 4.78 is 0. The fourth-order valence-electron chi connectivity index (χ4n) is 8.84. The number of anilines is 1. The van der Waals surface area contributed by atoms with Crippen molar-refractivity contribution >= 4 is 11.5 Å². The van der Waals surface area contributed by atoms with Gasteiger partial charge >= 0.3 is 0 Å². The summed E-state index contributed by atoms with van der Waals surface area (Å²) in [6.45, 7) is 4.86. The van der Waals surface area contributed by atoms with Crippen LogP contribution in [0.3, 0.4) is 0 Å². The van der Waals surface area contributed by atoms with Gasteiger partial charge in [-0.1, -0.05) is 154 Å². The van der Waals surface area contributed by atoms with E-state index in [2.05, 4.69) is 152 Å². The maximum absolute atomic E-state index is 5.37. The first kappa shape index (κ1) is 29.1. The van der Waals surface area contributed by atoms with Gasteiger partial charge in [0.1, 0.15) is 5.82 Å². The van der Waals surface area contributed by atoms with Gasteiger partial charge in [0.2, 0.25) is 5.95 Å². The number of fused-ring (bicyclic) bond motifs is 8. The zero-order chi connectivity index (χ0) is 32.2. The molecule has 0 amide bonds. The van der Waals surface area contributed by atoms with Crippen molar-refractivity contribution in [2.45, 2.75) is 62.3 Å². The molecule has 4 unspecified atom stereocenters. The van der Waals surface area contributed by atoms with E-state index in [-0.39, 0.29) is 23.3 Å². The van der Waals surface area contributed by atoms with Crippen LogP contribution in [0.25, 0.3) is 17.0 Å². The summed E-state index contributed by atoms with van der Waals surface area (Å²) in [5.41, 5.74) is 9.38. The topological polar surface area (TPSA) is 41.9 Å². The van der Waals surface area contributed by atoms with Gasteiger partial charge in [0.05, 0.1) is 6.04 Å². The van der Waals surface area contributed by atoms with E-state index < -0.39 is 0 Å². The van der Waals surface area contributed by atoms with Crippen molar-refractivity contribution < 1.29 is 0 Å². The molecule has 48 heavy (non-hydrogen) atoms. The molecule has 1 aliphatic heterocycles. The van der Waals surface area contributed by atoms with Gasteiger partial charge in [-0.05, 0) is 52.8 Å². The summed E-state index contributed by atoms with van der Waals surface area (Å²) in [5, 5.41) is 0. The lowest BCUT2D eigenvalue weighted by Gasteiger charge is -2.36. The van der Waals surface area contributed by atoms with Crippen molar-refractivity contribution in [3.8, 4) is 11.4 Å². The smallest absolute Gasteiger partial charge is 0.234 e. The molecule has 0 radical (unpaired) electrons. The van der Waals surface area contributed by atoms with Crippen LogP contribution in [0.15, 0.2) is 145 Å². The van der Waals surface area contributed by atoms with Crippen LogP contribution in [0.2, 0.25) is 0 Å². The molecule has 9 rings (SSSR count). The van der Waals surface area contributed by atoms with Gasteiger partial charge in [-0.15, -0.1) is 0 Å². The maximum Gasteiger partial charge on any atom is 0.234 e. The zero-order valence-corrected chi connectivity index (χ0v) is 27.6. The third kappa shape index (κ3) is 4.61. The number of hydrogen-bond acceptors (Lipinski definition) is 4. The van der Waals surface area contributed by atoms with Crippen LogP contribution in [0.4, 0.5) is 5.95 Å². The van der Waals surface area contributed by atoms with Crippen molar-refractivity contribution in [1.82, 2.24) is 15.0 Å². The van der Waals surface area contributed by atoms with E-state index in [9.17, 15) is 0 Å². The van der Waals surface area contributed by atoms with Crippen molar-refractivity contribution in [2.75, 3.05) is 4.90 Å². The van der Waals surface area contributed by atoms with E-state index in [4.69, 9.17) is 15.0 Å². The standard InChI is InChI=1S/C44H40N4/c1-44(2)35-24-15-13-22-33(35)40-36(44)28-27-32-31-21-14-16-26-37(31)48(38-25-12-4-3-11-23-34(38)39(32)40)43-46-41(29-17-7-5-8-18-29)45-42(47-43)30-19-9-6-10-20-30/h3-11,13-19,21-24,26-28,30-31,33,35,37H,12,20,25H2,1-2H3/b4-3+,23-11?/t30?,31?,33?,35-,37?/m0/s1. The molecule has 2 heterocycles. The number of hydrogen-bond donors (Lipinski definition) is 0. The van der Waals surface area contributed by atoms with E-state index >= 15 is 0 Å². The Bertz CT molecular complexity index is 2070. The third-order valence-electron chi connectivity index (χ3n) is 11.2. The average molecular weight is 625 g/mol. The van der Waals surface area contributed by atoms with E-state index in [0.29, 0.717) is 11.8 Å². The molecular weight excluding hydrogens is 585 g/mol. The molecule has 0 N–H and O–H groups in total. The summed E-state index contributed by atoms with van der Waals surface area (Å²) >= 11 is 0. The van der Waals surface area contributed by atoms with Crippen LogP contribution in [-0.2, 0) is 5.41 Å². The Morgan fingerprint density at radius 2 is 1.52 bits per heavy atom. The number of rotatable bonds is 3. The molecule has 5 atom stereocenters. The molecule has 0 saturated carbocycles. The highest BCUT2D eigenvalue weighted by molar-refractivity contribution is 5.87. The third-order valence-corrected chi connectivity index (χ3v) is 11.2. The summed E-state index contributed by atoms with van der Waals surface area (Å²) in [6.07, 6.45) is 39.0. The molecule has 236 valence electrons. The number of allylic oxidation sites excluding steroid dienone is 16. The van der Waals surface area contributed by atoms with Crippen LogP contribution < -0.4 is 4.90 Å². The van der Waals surface area contributed by atoms with Gasteiger partial charge in [-0.2, -0.15) is 9.97 Å². The normalized spacial score (nSPS) is 27.8. The Hall–Kier alpha value is -5.09. The number of nitrogens with zero attached hydrogens (tertiary/aromatic N) is 4. The molecule has 6 aliphatic rings. The van der Waals surface area contributed by atoms with E-state index in [0.717, 1.165) is 42.4 Å². The van der Waals surface area contributed by atoms with Crippen LogP contribution in [0, 0.1) is 5.92 Å². The molecule has 1 aromatic heterocycles. The highest BCUT2D eigenvalue weighted by Gasteiger charge is 2.48. The van der Waals surface area contributed by atoms with Crippen LogP contribution in [0.1, 0.15) is 78.9 Å². The Kier molecular flexibility index (Phi) is 7.00. The van der Waals surface area contributed by atoms with E-state index in [1.54, 1.807) is 0 Å². The SMILES string of the molecule is CC1(C)c2ccc3c(c2C2C=CC=C[C@@H]21)C1=C(CC/C=C/C=C1)N(c1nc(-c2ccccc2)nc(C2C=CC=CC2)n1)C1C=CC=CC31. The van der Waals surface area contributed by atoms with Crippen molar-refractivity contribution in [1.29, 1.82) is 0 Å². The molecule has 4 heteroatoms. The molecule has 0 spiro atoms. The predicted molar refractivity (Wildman–Crippen MR) is 197 cm³/mol. The number of aromatic nitrogens is 3. The minimum atomic E-state index is 0.0174. The Morgan fingerprint density at radius 3 is 2.38 bits per heavy atom. The Labute approximate surface area is 283 Å². The Morgan fingerprint density at radius 1 is 0.729 bits per heavy atom. The second kappa shape index (κ2) is 11.6. The fraction of sp³-hybridized carbons (Fsp3) is 0.250. The van der Waals surface area contributed by atoms with Gasteiger partial charge in [-0.3, -0.25) is 0 Å². The highest BCUT2D eigenvalue weighted by atomic mass is 15.3. The van der Waals surface area contributed by atoms with Crippen molar-refractivity contribution in [3.63, 3.8) is 0 Å². The molecule has 4 nitrogen and oxygen atoms in total. The highest BCUT2D eigenvalue weighted by Crippen LogP contribution is 2.57. The molecule has 5 aliphatic carbocycles. The molecular formula is C44H40N4. The first-order valence-corrected chi connectivity index (χ1v) is 17.5. The average Bonchev–Trinajstić information content (AvgIpc) is 3.29. The lowest BCUT2D eigenvalue weighted by molar-refractivity contribution is 0.394. The quantitative estimate of drug-likeness (QED) is 0.291. The minimum Gasteiger partial charge on any atom is -0.306 e. The van der Waals surface area contributed by atoms with Gasteiger partial charge in [0.25, 0.3) is 0 Å². The molecule has 3 aromatic rings. The van der Waals surface area contributed by atoms with Crippen LogP contribution >= 0.6 is 0 Å². The summed E-state index contributed by atoms with van der Waals surface area (Å²) in [4.78, 5) is 18.3. The lowest BCUT2D eigenvalue weighted by atomic mass is 9.74. The van der Waals surface area contributed by atoms with Gasteiger partial charge in [0.15, 0.2) is 5.82 Å². The monoisotopic (exact) mass is 624 g/mol. The summed E-state index contributed by atoms with van der Waals surface area (Å²) in [5.74, 6) is 3.27. The van der Waals surface area contributed by atoms with Crippen LogP contribution in [-0.4, -0.2) is 21.0 Å². The summed E-state index contributed by atoms with van der Waals surface area (Å²) in [7, 11) is 0. The van der Waals surface area contributed by atoms with Crippen LogP contribution in [0.5, 0.6) is 0 Å². The van der Waals surface area contributed by atoms with E-state index in [1.165, 1.54) is 33.5 Å². The summed E-state index contributed by atoms with van der Waals surface area (Å²) in [6, 6.07) is 15.3. The van der Waals surface area contributed by atoms with Crippen molar-refractivity contribution in [3.05, 3.63) is 173 Å². The molecule has 0 bridgehead atoms. The second-order valence-electron chi connectivity index (χ2n) is 14.2. The van der Waals surface area contributed by atoms with Gasteiger partial charge in [0, 0.05) is 34.6 Å². The number of benzene rings is 2. The van der Waals surface area contributed by atoms with Gasteiger partial charge in [-0.25, -0.2) is 4.98 Å². The fourth-order valence-corrected chi connectivity index (χ4v) is 8.84. The Balaban J connectivity index is 1.33. The first-order valence-electron chi connectivity index (χ1n) is 17.5. The molecule has 0 saturated heterocycles. The maximum atomic E-state index is 5.37. The molecule has 0 fully saturated rings. The van der Waals surface area contributed by atoms with Crippen molar-refractivity contribution in [2.24, 2.45) is 5.92 Å². The first-order chi connectivity index (χ1) is 23.6. The predicted octanol–water partition coefficient (Wildman–Crippen LogP) is 9.97. The zero-order valence-electron chi connectivity index (χ0n) is 27.6.